The Kier molecular flexibility index (Phi) is 6.51. The molecule has 2 amide bonds. The van der Waals surface area contributed by atoms with Crippen LogP contribution >= 0.6 is 12.2 Å². The Balaban J connectivity index is 2.77. The SMILES string of the molecule is COC(=O)NC(=S)Nc1ccccc1NC(=O)C=CC(=O)O. The lowest BCUT2D eigenvalue weighted by atomic mass is 10.2. The highest BCUT2D eigenvalue weighted by atomic mass is 32.1. The second kappa shape index (κ2) is 8.37. The zero-order valence-electron chi connectivity index (χ0n) is 11.5. The topological polar surface area (TPSA) is 117 Å². The van der Waals surface area contributed by atoms with Gasteiger partial charge in [0.2, 0.25) is 5.91 Å². The molecule has 0 fully saturated rings. The van der Waals surface area contributed by atoms with Gasteiger partial charge in [-0.1, -0.05) is 12.1 Å². The van der Waals surface area contributed by atoms with Crippen LogP contribution in [0.2, 0.25) is 0 Å². The third-order valence-corrected chi connectivity index (χ3v) is 2.42. The molecule has 0 heterocycles. The molecule has 0 aliphatic carbocycles. The van der Waals surface area contributed by atoms with Gasteiger partial charge in [0.15, 0.2) is 5.11 Å². The minimum absolute atomic E-state index is 0.0189. The first-order valence-corrected chi connectivity index (χ1v) is 6.30. The summed E-state index contributed by atoms with van der Waals surface area (Å²) >= 11 is 4.91. The maximum atomic E-state index is 11.6. The van der Waals surface area contributed by atoms with Crippen LogP contribution in [0.3, 0.4) is 0 Å². The number of hydrogen-bond donors (Lipinski definition) is 4. The number of ether oxygens (including phenoxy) is 1. The van der Waals surface area contributed by atoms with Gasteiger partial charge in [-0.3, -0.25) is 10.1 Å². The standard InChI is InChI=1S/C13H13N3O5S/c1-21-13(20)16-12(22)15-9-5-3-2-4-8(9)14-10(17)6-7-11(18)19/h2-7H,1H3,(H,14,17)(H,18,19)(H2,15,16,20,22). The smallest absolute Gasteiger partial charge is 0.413 e. The number of anilines is 2. The van der Waals surface area contributed by atoms with Crippen molar-refractivity contribution in [1.82, 2.24) is 5.32 Å². The van der Waals surface area contributed by atoms with E-state index in [1.165, 1.54) is 7.11 Å². The average Bonchev–Trinajstić information content (AvgIpc) is 2.47. The number of benzene rings is 1. The number of carboxylic acid groups (broad SMARTS) is 1. The van der Waals surface area contributed by atoms with Crippen molar-refractivity contribution < 1.29 is 24.2 Å². The van der Waals surface area contributed by atoms with Crippen LogP contribution in [0.1, 0.15) is 0 Å². The maximum absolute atomic E-state index is 11.6. The van der Waals surface area contributed by atoms with Crippen molar-refractivity contribution in [3.05, 3.63) is 36.4 Å². The molecule has 0 radical (unpaired) electrons. The van der Waals surface area contributed by atoms with Gasteiger partial charge in [-0.05, 0) is 24.4 Å². The van der Waals surface area contributed by atoms with E-state index < -0.39 is 18.0 Å². The summed E-state index contributed by atoms with van der Waals surface area (Å²) in [6.45, 7) is 0. The van der Waals surface area contributed by atoms with Gasteiger partial charge >= 0.3 is 12.1 Å². The van der Waals surface area contributed by atoms with Crippen molar-refractivity contribution in [3.8, 4) is 0 Å². The summed E-state index contributed by atoms with van der Waals surface area (Å²) in [6.07, 6.45) is 0.863. The van der Waals surface area contributed by atoms with Crippen molar-refractivity contribution in [3.63, 3.8) is 0 Å². The van der Waals surface area contributed by atoms with Gasteiger partial charge in [-0.2, -0.15) is 0 Å². The first kappa shape index (κ1) is 17.1. The molecule has 0 atom stereocenters. The summed E-state index contributed by atoms with van der Waals surface area (Å²) in [5, 5.41) is 15.9. The Bertz CT molecular complexity index is 630. The number of carboxylic acids is 1. The quantitative estimate of drug-likeness (QED) is 0.487. The number of aliphatic carboxylic acids is 1. The van der Waals surface area contributed by atoms with Crippen molar-refractivity contribution in [2.24, 2.45) is 0 Å². The van der Waals surface area contributed by atoms with Gasteiger partial charge in [0.25, 0.3) is 0 Å². The molecule has 116 valence electrons. The van der Waals surface area contributed by atoms with Crippen LogP contribution in [-0.4, -0.2) is 35.3 Å². The molecule has 4 N–H and O–H groups in total. The Morgan fingerprint density at radius 1 is 1.14 bits per heavy atom. The number of thiocarbonyl (C=S) groups is 1. The van der Waals surface area contributed by atoms with Crippen molar-refractivity contribution >= 4 is 46.7 Å². The summed E-state index contributed by atoms with van der Waals surface area (Å²) in [5.74, 6) is -1.85. The number of nitrogens with one attached hydrogen (secondary N) is 3. The normalized spacial score (nSPS) is 9.86. The molecular weight excluding hydrogens is 310 g/mol. The minimum atomic E-state index is -1.23. The number of rotatable bonds is 4. The van der Waals surface area contributed by atoms with Gasteiger partial charge in [0, 0.05) is 12.2 Å². The predicted octanol–water partition coefficient (Wildman–Crippen LogP) is 1.32. The fraction of sp³-hybridized carbons (Fsp3) is 0.0769. The van der Waals surface area contributed by atoms with Gasteiger partial charge in [-0.25, -0.2) is 9.59 Å². The largest absolute Gasteiger partial charge is 0.478 e. The summed E-state index contributed by atoms with van der Waals surface area (Å²) in [5.41, 5.74) is 0.775. The number of carbonyl (C=O) groups is 3. The second-order valence-electron chi connectivity index (χ2n) is 3.78. The number of alkyl carbamates (subject to hydrolysis) is 1. The van der Waals surface area contributed by atoms with Crippen LogP contribution in [0.25, 0.3) is 0 Å². The molecule has 0 aliphatic heterocycles. The van der Waals surface area contributed by atoms with E-state index in [4.69, 9.17) is 17.3 Å². The molecule has 9 heteroatoms. The molecule has 0 saturated carbocycles. The fourth-order valence-electron chi connectivity index (χ4n) is 1.32. The van der Waals surface area contributed by atoms with E-state index in [1.807, 2.05) is 0 Å². The zero-order chi connectivity index (χ0) is 16.5. The molecular formula is C13H13N3O5S. The second-order valence-corrected chi connectivity index (χ2v) is 4.19. The van der Waals surface area contributed by atoms with Gasteiger partial charge in [0.1, 0.15) is 0 Å². The van der Waals surface area contributed by atoms with Crippen molar-refractivity contribution in [1.29, 1.82) is 0 Å². The summed E-state index contributed by atoms with van der Waals surface area (Å²) < 4.78 is 4.40. The molecule has 0 bridgehead atoms. The third kappa shape index (κ3) is 6.01. The number of amides is 2. The van der Waals surface area contributed by atoms with Crippen LogP contribution in [0.4, 0.5) is 16.2 Å². The Labute approximate surface area is 131 Å². The van der Waals surface area contributed by atoms with E-state index >= 15 is 0 Å². The van der Waals surface area contributed by atoms with Crippen LogP contribution < -0.4 is 16.0 Å². The first-order valence-electron chi connectivity index (χ1n) is 5.89. The Morgan fingerprint density at radius 3 is 2.27 bits per heavy atom. The predicted molar refractivity (Wildman–Crippen MR) is 83.6 cm³/mol. The molecule has 1 aromatic rings. The molecule has 0 aromatic heterocycles. The summed E-state index contributed by atoms with van der Waals surface area (Å²) in [4.78, 5) is 32.9. The van der Waals surface area contributed by atoms with E-state index in [-0.39, 0.29) is 5.11 Å². The molecule has 22 heavy (non-hydrogen) atoms. The van der Waals surface area contributed by atoms with Gasteiger partial charge in [-0.15, -0.1) is 0 Å². The monoisotopic (exact) mass is 323 g/mol. The first-order chi connectivity index (χ1) is 10.4. The molecule has 0 unspecified atom stereocenters. The van der Waals surface area contributed by atoms with Crippen LogP contribution in [0.5, 0.6) is 0 Å². The zero-order valence-corrected chi connectivity index (χ0v) is 12.3. The molecule has 8 nitrogen and oxygen atoms in total. The average molecular weight is 323 g/mol. The summed E-state index contributed by atoms with van der Waals surface area (Å²) in [7, 11) is 1.20. The number of carbonyl (C=O) groups excluding carboxylic acids is 2. The van der Waals surface area contributed by atoms with Crippen LogP contribution in [0.15, 0.2) is 36.4 Å². The Hall–Kier alpha value is -2.94. The van der Waals surface area contributed by atoms with Gasteiger partial charge in [0.05, 0.1) is 18.5 Å². The van der Waals surface area contributed by atoms with E-state index in [9.17, 15) is 14.4 Å². The highest BCUT2D eigenvalue weighted by Gasteiger charge is 2.08. The van der Waals surface area contributed by atoms with Gasteiger partial charge < -0.3 is 20.5 Å². The maximum Gasteiger partial charge on any atom is 0.413 e. The lowest BCUT2D eigenvalue weighted by molar-refractivity contribution is -0.131. The van der Waals surface area contributed by atoms with Crippen molar-refractivity contribution in [2.75, 3.05) is 17.7 Å². The lowest BCUT2D eigenvalue weighted by Gasteiger charge is -2.13. The molecule has 0 saturated heterocycles. The van der Waals surface area contributed by atoms with Crippen LogP contribution in [-0.2, 0) is 14.3 Å². The van der Waals surface area contributed by atoms with E-state index in [2.05, 4.69) is 20.7 Å². The highest BCUT2D eigenvalue weighted by Crippen LogP contribution is 2.20. The molecule has 1 aromatic carbocycles. The third-order valence-electron chi connectivity index (χ3n) is 2.21. The van der Waals surface area contributed by atoms with E-state index in [0.717, 1.165) is 12.2 Å². The number of methoxy groups -OCH3 is 1. The van der Waals surface area contributed by atoms with E-state index in [0.29, 0.717) is 11.4 Å². The molecule has 0 aliphatic rings. The van der Waals surface area contributed by atoms with Crippen molar-refractivity contribution in [2.45, 2.75) is 0 Å². The van der Waals surface area contributed by atoms with Crippen LogP contribution in [0, 0.1) is 0 Å². The summed E-state index contributed by atoms with van der Waals surface area (Å²) in [6, 6.07) is 6.54. The molecule has 1 rings (SSSR count). The van der Waals surface area contributed by atoms with E-state index in [1.54, 1.807) is 24.3 Å². The minimum Gasteiger partial charge on any atom is -0.478 e. The fourth-order valence-corrected chi connectivity index (χ4v) is 1.51. The Morgan fingerprint density at radius 2 is 1.73 bits per heavy atom. The number of para-hydroxylation sites is 2. The lowest BCUT2D eigenvalue weighted by Crippen LogP contribution is -2.34. The molecule has 0 spiro atoms. The highest BCUT2D eigenvalue weighted by molar-refractivity contribution is 7.80. The number of hydrogen-bond acceptors (Lipinski definition) is 5.